The van der Waals surface area contributed by atoms with Gasteiger partial charge in [-0.15, -0.1) is 0 Å². The second-order valence-corrected chi connectivity index (χ2v) is 4.18. The van der Waals surface area contributed by atoms with Gasteiger partial charge in [0.05, 0.1) is 23.8 Å². The molecule has 0 fully saturated rings. The average molecular weight is 250 g/mol. The maximum atomic E-state index is 11.8. The van der Waals surface area contributed by atoms with Gasteiger partial charge < -0.3 is 21.7 Å². The van der Waals surface area contributed by atoms with Crippen LogP contribution in [0.3, 0.4) is 0 Å². The molecule has 5 N–H and O–H groups in total. The normalized spacial score (nSPS) is 11.7. The van der Waals surface area contributed by atoms with E-state index >= 15 is 0 Å². The summed E-state index contributed by atoms with van der Waals surface area (Å²) < 4.78 is 0. The van der Waals surface area contributed by atoms with Crippen molar-refractivity contribution in [1.82, 2.24) is 0 Å². The first-order valence-corrected chi connectivity index (χ1v) is 5.53. The van der Waals surface area contributed by atoms with Gasteiger partial charge in [0.1, 0.15) is 0 Å². The van der Waals surface area contributed by atoms with Gasteiger partial charge >= 0.3 is 0 Å². The number of hydrogen-bond donors (Lipinski definition) is 3. The van der Waals surface area contributed by atoms with E-state index in [-0.39, 0.29) is 6.42 Å². The third-order valence-electron chi connectivity index (χ3n) is 2.40. The van der Waals surface area contributed by atoms with E-state index < -0.39 is 17.9 Å². The molecule has 0 spiro atoms. The zero-order valence-electron chi connectivity index (χ0n) is 10.5. The minimum atomic E-state index is -0.933. The fraction of sp³-hybridized carbons (Fsp3) is 0.333. The number of nitrogens with one attached hydrogen (secondary N) is 1. The predicted molar refractivity (Wildman–Crippen MR) is 71.2 cm³/mol. The largest absolute Gasteiger partial charge is 0.376 e. The molecule has 0 bridgehead atoms. The van der Waals surface area contributed by atoms with E-state index in [9.17, 15) is 9.59 Å². The highest BCUT2D eigenvalue weighted by Gasteiger charge is 2.17. The standard InChI is InChI=1S/C12H18N4O2/c1-16(2)10-6-4-3-5-9(10)15-12(18)8(13)7-11(14)17/h3-6,8H,7,13H2,1-2H3,(H2,14,17)(H,15,18). The van der Waals surface area contributed by atoms with Gasteiger partial charge in [-0.05, 0) is 12.1 Å². The average Bonchev–Trinajstić information content (AvgIpc) is 2.28. The zero-order chi connectivity index (χ0) is 13.7. The molecule has 6 heteroatoms. The molecule has 0 aliphatic carbocycles. The van der Waals surface area contributed by atoms with Gasteiger partial charge in [-0.2, -0.15) is 0 Å². The Kier molecular flexibility index (Phi) is 4.67. The molecule has 0 aliphatic rings. The summed E-state index contributed by atoms with van der Waals surface area (Å²) in [6, 6.07) is 6.38. The summed E-state index contributed by atoms with van der Waals surface area (Å²) in [6.45, 7) is 0. The molecule has 0 aliphatic heterocycles. The minimum Gasteiger partial charge on any atom is -0.376 e. The van der Waals surface area contributed by atoms with Crippen LogP contribution in [0.4, 0.5) is 11.4 Å². The molecule has 1 rings (SSSR count). The van der Waals surface area contributed by atoms with Crippen LogP contribution < -0.4 is 21.7 Å². The number of nitrogens with zero attached hydrogens (tertiary/aromatic N) is 1. The number of benzene rings is 1. The summed E-state index contributed by atoms with van der Waals surface area (Å²) in [6.07, 6.45) is -0.171. The van der Waals surface area contributed by atoms with E-state index in [0.717, 1.165) is 5.69 Å². The highest BCUT2D eigenvalue weighted by atomic mass is 16.2. The molecular formula is C12H18N4O2. The van der Waals surface area contributed by atoms with E-state index in [1.54, 1.807) is 6.07 Å². The third-order valence-corrected chi connectivity index (χ3v) is 2.40. The maximum absolute atomic E-state index is 11.8. The van der Waals surface area contributed by atoms with Gasteiger partial charge in [0.25, 0.3) is 0 Å². The number of rotatable bonds is 5. The molecule has 0 heterocycles. The molecule has 1 aromatic rings. The Morgan fingerprint density at radius 2 is 1.94 bits per heavy atom. The highest BCUT2D eigenvalue weighted by Crippen LogP contribution is 2.23. The highest BCUT2D eigenvalue weighted by molar-refractivity contribution is 5.99. The SMILES string of the molecule is CN(C)c1ccccc1NC(=O)C(N)CC(N)=O. The van der Waals surface area contributed by atoms with Gasteiger partial charge in [0.2, 0.25) is 11.8 Å². The van der Waals surface area contributed by atoms with Crippen molar-refractivity contribution >= 4 is 23.2 Å². The van der Waals surface area contributed by atoms with Crippen LogP contribution in [0.25, 0.3) is 0 Å². The van der Waals surface area contributed by atoms with Gasteiger partial charge in [-0.1, -0.05) is 12.1 Å². The Morgan fingerprint density at radius 1 is 1.33 bits per heavy atom. The monoisotopic (exact) mass is 250 g/mol. The van der Waals surface area contributed by atoms with Crippen molar-refractivity contribution in [3.05, 3.63) is 24.3 Å². The lowest BCUT2D eigenvalue weighted by Gasteiger charge is -2.18. The van der Waals surface area contributed by atoms with Gasteiger partial charge in [-0.25, -0.2) is 0 Å². The van der Waals surface area contributed by atoms with Crippen molar-refractivity contribution in [1.29, 1.82) is 0 Å². The number of amides is 2. The van der Waals surface area contributed by atoms with Crippen LogP contribution in [0.15, 0.2) is 24.3 Å². The summed E-state index contributed by atoms with van der Waals surface area (Å²) in [5, 5.41) is 2.68. The van der Waals surface area contributed by atoms with E-state index in [2.05, 4.69) is 5.32 Å². The number of anilines is 2. The Morgan fingerprint density at radius 3 is 2.50 bits per heavy atom. The molecule has 0 saturated heterocycles. The van der Waals surface area contributed by atoms with Crippen LogP contribution in [0, 0.1) is 0 Å². The summed E-state index contributed by atoms with van der Waals surface area (Å²) in [4.78, 5) is 24.3. The molecular weight excluding hydrogens is 232 g/mol. The summed E-state index contributed by atoms with van der Waals surface area (Å²) >= 11 is 0. The van der Waals surface area contributed by atoms with Gasteiger partial charge in [-0.3, -0.25) is 9.59 Å². The number of carbonyl (C=O) groups is 2. The lowest BCUT2D eigenvalue weighted by Crippen LogP contribution is -2.39. The van der Waals surface area contributed by atoms with Crippen molar-refractivity contribution in [2.75, 3.05) is 24.3 Å². The quantitative estimate of drug-likeness (QED) is 0.678. The molecule has 0 saturated carbocycles. The second kappa shape index (κ2) is 6.02. The number of hydrogen-bond acceptors (Lipinski definition) is 4. The lowest BCUT2D eigenvalue weighted by molar-refractivity contribution is -0.123. The first-order chi connectivity index (χ1) is 8.41. The molecule has 1 unspecified atom stereocenters. The number of nitrogens with two attached hydrogens (primary N) is 2. The molecule has 1 aromatic carbocycles. The molecule has 98 valence electrons. The Labute approximate surface area is 106 Å². The fourth-order valence-corrected chi connectivity index (χ4v) is 1.50. The third kappa shape index (κ3) is 3.74. The Balaban J connectivity index is 2.78. The Bertz CT molecular complexity index is 445. The molecule has 6 nitrogen and oxygen atoms in total. The Hall–Kier alpha value is -2.08. The predicted octanol–water partition coefficient (Wildman–Crippen LogP) is -0.106. The van der Waals surface area contributed by atoms with Crippen LogP contribution in [0.2, 0.25) is 0 Å². The van der Waals surface area contributed by atoms with Crippen LogP contribution in [-0.4, -0.2) is 32.0 Å². The van der Waals surface area contributed by atoms with Crippen molar-refractivity contribution in [2.24, 2.45) is 11.5 Å². The molecule has 2 amide bonds. The van der Waals surface area contributed by atoms with Gasteiger partial charge in [0.15, 0.2) is 0 Å². The van der Waals surface area contributed by atoms with Crippen LogP contribution in [-0.2, 0) is 9.59 Å². The lowest BCUT2D eigenvalue weighted by atomic mass is 10.2. The summed E-state index contributed by atoms with van der Waals surface area (Å²) in [5.41, 5.74) is 12.1. The van der Waals surface area contributed by atoms with Crippen molar-refractivity contribution in [3.63, 3.8) is 0 Å². The van der Waals surface area contributed by atoms with Gasteiger partial charge in [0, 0.05) is 14.1 Å². The zero-order valence-corrected chi connectivity index (χ0v) is 10.5. The fourth-order valence-electron chi connectivity index (χ4n) is 1.50. The minimum absolute atomic E-state index is 0.171. The van der Waals surface area contributed by atoms with Crippen LogP contribution in [0.1, 0.15) is 6.42 Å². The van der Waals surface area contributed by atoms with Crippen LogP contribution in [0.5, 0.6) is 0 Å². The maximum Gasteiger partial charge on any atom is 0.241 e. The smallest absolute Gasteiger partial charge is 0.241 e. The summed E-state index contributed by atoms with van der Waals surface area (Å²) in [7, 11) is 3.74. The first-order valence-electron chi connectivity index (χ1n) is 5.53. The van der Waals surface area contributed by atoms with Crippen LogP contribution >= 0.6 is 0 Å². The van der Waals surface area contributed by atoms with E-state index in [1.807, 2.05) is 37.2 Å². The summed E-state index contributed by atoms with van der Waals surface area (Å²) in [5.74, 6) is -1.03. The topological polar surface area (TPSA) is 101 Å². The van der Waals surface area contributed by atoms with Crippen molar-refractivity contribution in [2.45, 2.75) is 12.5 Å². The number of primary amides is 1. The molecule has 1 atom stereocenters. The molecule has 18 heavy (non-hydrogen) atoms. The van der Waals surface area contributed by atoms with Crippen molar-refractivity contribution < 1.29 is 9.59 Å². The second-order valence-electron chi connectivity index (χ2n) is 4.18. The number of carbonyl (C=O) groups excluding carboxylic acids is 2. The molecule has 0 radical (unpaired) electrons. The van der Waals surface area contributed by atoms with E-state index in [0.29, 0.717) is 5.69 Å². The molecule has 0 aromatic heterocycles. The number of para-hydroxylation sites is 2. The van der Waals surface area contributed by atoms with Crippen molar-refractivity contribution in [3.8, 4) is 0 Å². The first kappa shape index (κ1) is 14.0. The van der Waals surface area contributed by atoms with E-state index in [4.69, 9.17) is 11.5 Å². The van der Waals surface area contributed by atoms with E-state index in [1.165, 1.54) is 0 Å².